The van der Waals surface area contributed by atoms with Gasteiger partial charge in [-0.15, -0.1) is 0 Å². The van der Waals surface area contributed by atoms with Crippen molar-refractivity contribution in [1.82, 2.24) is 9.91 Å². The zero-order valence-electron chi connectivity index (χ0n) is 16.6. The number of hydrogen-bond acceptors (Lipinski definition) is 5. The Morgan fingerprint density at radius 3 is 2.64 bits per heavy atom. The van der Waals surface area contributed by atoms with Gasteiger partial charge in [-0.2, -0.15) is 5.10 Å². The Morgan fingerprint density at radius 1 is 1.11 bits per heavy atom. The number of likely N-dealkylation sites (tertiary alicyclic amines) is 1. The smallest absolute Gasteiger partial charge is 0.200 e. The normalized spacial score (nSPS) is 23.0. The summed E-state index contributed by atoms with van der Waals surface area (Å²) in [4.78, 5) is 2.37. The molecule has 5 rings (SSSR count). The molecule has 0 aliphatic carbocycles. The van der Waals surface area contributed by atoms with E-state index in [4.69, 9.17) is 14.6 Å². The molecule has 2 aromatic rings. The van der Waals surface area contributed by atoms with Crippen molar-refractivity contribution in [2.24, 2.45) is 5.10 Å². The predicted molar refractivity (Wildman–Crippen MR) is 110 cm³/mol. The first-order chi connectivity index (χ1) is 13.7. The second kappa shape index (κ2) is 6.82. The summed E-state index contributed by atoms with van der Waals surface area (Å²) in [5.41, 5.74) is 3.13. The standard InChI is InChI=1S/C23H27N3O2/c1-3-27-21-11-7-10-18-20-16-19(17-8-5-4-6-9-17)24-26(20)23(28-22(18)21)12-14-25(2)15-13-23/h4-11,20H,3,12-16H2,1-2H3/t20-/m0/s1. The van der Waals surface area contributed by atoms with E-state index in [0.717, 1.165) is 49.6 Å². The highest BCUT2D eigenvalue weighted by Crippen LogP contribution is 2.52. The Kier molecular flexibility index (Phi) is 4.27. The molecule has 3 aliphatic heterocycles. The van der Waals surface area contributed by atoms with Gasteiger partial charge in [-0.1, -0.05) is 42.5 Å². The molecule has 3 aliphatic rings. The van der Waals surface area contributed by atoms with Crippen molar-refractivity contribution in [3.8, 4) is 11.5 Å². The number of rotatable bonds is 3. The molecule has 0 radical (unpaired) electrons. The summed E-state index contributed by atoms with van der Waals surface area (Å²) in [6.45, 7) is 4.67. The van der Waals surface area contributed by atoms with Crippen LogP contribution in [-0.2, 0) is 0 Å². The number of fused-ring (bicyclic) bond motifs is 4. The van der Waals surface area contributed by atoms with Crippen molar-refractivity contribution < 1.29 is 9.47 Å². The van der Waals surface area contributed by atoms with Gasteiger partial charge >= 0.3 is 0 Å². The van der Waals surface area contributed by atoms with Crippen molar-refractivity contribution in [2.75, 3.05) is 26.7 Å². The SMILES string of the molecule is CCOc1cccc2c1OC1(CCN(C)CC1)N1N=C(c3ccccc3)C[C@@H]21. The molecule has 1 fully saturated rings. The van der Waals surface area contributed by atoms with Crippen LogP contribution in [0.4, 0.5) is 0 Å². The first-order valence-corrected chi connectivity index (χ1v) is 10.3. The fraction of sp³-hybridized carbons (Fsp3) is 0.435. The van der Waals surface area contributed by atoms with Crippen LogP contribution in [0.3, 0.4) is 0 Å². The second-order valence-electron chi connectivity index (χ2n) is 7.94. The number of para-hydroxylation sites is 1. The van der Waals surface area contributed by atoms with Crippen molar-refractivity contribution in [3.63, 3.8) is 0 Å². The molecule has 0 amide bonds. The van der Waals surface area contributed by atoms with E-state index in [1.54, 1.807) is 0 Å². The summed E-state index contributed by atoms with van der Waals surface area (Å²) in [6.07, 6.45) is 2.77. The first kappa shape index (κ1) is 17.6. The lowest BCUT2D eigenvalue weighted by Gasteiger charge is -2.51. The lowest BCUT2D eigenvalue weighted by Crippen LogP contribution is -2.58. The van der Waals surface area contributed by atoms with Crippen LogP contribution in [0.2, 0.25) is 0 Å². The molecule has 1 atom stereocenters. The number of benzene rings is 2. The topological polar surface area (TPSA) is 37.3 Å². The highest BCUT2D eigenvalue weighted by Gasteiger charge is 2.52. The third-order valence-electron chi connectivity index (χ3n) is 6.16. The lowest BCUT2D eigenvalue weighted by atomic mass is 9.90. The van der Waals surface area contributed by atoms with Gasteiger partial charge in [0.25, 0.3) is 0 Å². The molecular weight excluding hydrogens is 350 g/mol. The van der Waals surface area contributed by atoms with Gasteiger partial charge < -0.3 is 14.4 Å². The van der Waals surface area contributed by atoms with Gasteiger partial charge in [0, 0.05) is 37.9 Å². The van der Waals surface area contributed by atoms with Crippen LogP contribution in [0.1, 0.15) is 43.4 Å². The molecule has 3 heterocycles. The van der Waals surface area contributed by atoms with Gasteiger partial charge in [0.15, 0.2) is 11.5 Å². The molecule has 146 valence electrons. The minimum absolute atomic E-state index is 0.197. The molecule has 0 saturated carbocycles. The molecule has 1 saturated heterocycles. The number of hydrazone groups is 1. The van der Waals surface area contributed by atoms with Crippen LogP contribution in [0.25, 0.3) is 0 Å². The van der Waals surface area contributed by atoms with E-state index in [0.29, 0.717) is 6.61 Å². The highest BCUT2D eigenvalue weighted by molar-refractivity contribution is 6.02. The molecule has 0 aromatic heterocycles. The lowest BCUT2D eigenvalue weighted by molar-refractivity contribution is -0.148. The van der Waals surface area contributed by atoms with Crippen LogP contribution >= 0.6 is 0 Å². The molecule has 28 heavy (non-hydrogen) atoms. The Balaban J connectivity index is 1.60. The second-order valence-corrected chi connectivity index (χ2v) is 7.94. The van der Waals surface area contributed by atoms with Gasteiger partial charge in [0.05, 0.1) is 18.4 Å². The van der Waals surface area contributed by atoms with Crippen LogP contribution in [0.5, 0.6) is 11.5 Å². The Labute approximate surface area is 166 Å². The van der Waals surface area contributed by atoms with Crippen molar-refractivity contribution in [1.29, 1.82) is 0 Å². The van der Waals surface area contributed by atoms with Crippen LogP contribution in [-0.4, -0.2) is 48.1 Å². The predicted octanol–water partition coefficient (Wildman–Crippen LogP) is 4.05. The zero-order chi connectivity index (χ0) is 19.1. The summed E-state index contributed by atoms with van der Waals surface area (Å²) in [5.74, 6) is 1.77. The summed E-state index contributed by atoms with van der Waals surface area (Å²) < 4.78 is 12.7. The van der Waals surface area contributed by atoms with Gasteiger partial charge in [-0.3, -0.25) is 0 Å². The van der Waals surface area contributed by atoms with Crippen LogP contribution < -0.4 is 9.47 Å². The van der Waals surface area contributed by atoms with E-state index in [9.17, 15) is 0 Å². The Hall–Kier alpha value is -2.53. The minimum atomic E-state index is -0.395. The van der Waals surface area contributed by atoms with E-state index < -0.39 is 5.72 Å². The van der Waals surface area contributed by atoms with Gasteiger partial charge in [-0.25, -0.2) is 5.01 Å². The van der Waals surface area contributed by atoms with E-state index in [1.165, 1.54) is 11.1 Å². The number of hydrogen-bond donors (Lipinski definition) is 0. The number of ether oxygens (including phenoxy) is 2. The quantitative estimate of drug-likeness (QED) is 0.809. The third kappa shape index (κ3) is 2.76. The average Bonchev–Trinajstić information content (AvgIpc) is 3.19. The van der Waals surface area contributed by atoms with Crippen LogP contribution in [0, 0.1) is 0 Å². The Bertz CT molecular complexity index is 888. The van der Waals surface area contributed by atoms with Gasteiger partial charge in [0.2, 0.25) is 5.72 Å². The van der Waals surface area contributed by atoms with Crippen molar-refractivity contribution in [3.05, 3.63) is 59.7 Å². The maximum atomic E-state index is 6.76. The fourth-order valence-corrected chi connectivity index (χ4v) is 4.64. The first-order valence-electron chi connectivity index (χ1n) is 10.3. The minimum Gasteiger partial charge on any atom is -0.490 e. The maximum absolute atomic E-state index is 6.76. The molecule has 0 unspecified atom stereocenters. The van der Waals surface area contributed by atoms with Gasteiger partial charge in [-0.05, 0) is 25.6 Å². The molecule has 2 aromatic carbocycles. The van der Waals surface area contributed by atoms with E-state index in [-0.39, 0.29) is 6.04 Å². The summed E-state index contributed by atoms with van der Waals surface area (Å²) in [6, 6.07) is 17.0. The summed E-state index contributed by atoms with van der Waals surface area (Å²) in [7, 11) is 2.18. The maximum Gasteiger partial charge on any atom is 0.200 e. The molecule has 0 bridgehead atoms. The number of nitrogens with zero attached hydrogens (tertiary/aromatic N) is 3. The molecular formula is C23H27N3O2. The van der Waals surface area contributed by atoms with E-state index in [1.807, 2.05) is 13.0 Å². The largest absolute Gasteiger partial charge is 0.490 e. The number of piperidine rings is 1. The summed E-state index contributed by atoms with van der Waals surface area (Å²) >= 11 is 0. The molecule has 1 spiro atoms. The Morgan fingerprint density at radius 2 is 1.89 bits per heavy atom. The average molecular weight is 377 g/mol. The monoisotopic (exact) mass is 377 g/mol. The van der Waals surface area contributed by atoms with Crippen molar-refractivity contribution >= 4 is 5.71 Å². The van der Waals surface area contributed by atoms with Gasteiger partial charge in [0.1, 0.15) is 0 Å². The van der Waals surface area contributed by atoms with E-state index >= 15 is 0 Å². The molecule has 5 nitrogen and oxygen atoms in total. The highest BCUT2D eigenvalue weighted by atomic mass is 16.6. The zero-order valence-corrected chi connectivity index (χ0v) is 16.6. The third-order valence-corrected chi connectivity index (χ3v) is 6.16. The van der Waals surface area contributed by atoms with E-state index in [2.05, 4.69) is 59.4 Å². The summed E-state index contributed by atoms with van der Waals surface area (Å²) in [5, 5.41) is 7.39. The fourth-order valence-electron chi connectivity index (χ4n) is 4.64. The van der Waals surface area contributed by atoms with Crippen molar-refractivity contribution in [2.45, 2.75) is 38.0 Å². The molecule has 5 heteroatoms. The van der Waals surface area contributed by atoms with Crippen LogP contribution in [0.15, 0.2) is 53.6 Å². The molecule has 0 N–H and O–H groups in total.